The standard InChI is InChI=1S/C7H8O3S.C7H14O3S/c1-6-2-4-7(5-3-6)11(8,9)10;1-7(11(8,9)10)5-3-2-4-6-7/h2-5H,1H3,(H,8,9,10);2-6H2,1H3,(H,8,9,10). The van der Waals surface area contributed by atoms with Crippen LogP contribution in [0.2, 0.25) is 0 Å². The molecule has 0 amide bonds. The molecule has 1 aliphatic rings. The maximum absolute atomic E-state index is 10.9. The molecule has 1 fully saturated rings. The van der Waals surface area contributed by atoms with Gasteiger partial charge in [-0.3, -0.25) is 9.11 Å². The third-order valence-corrected chi connectivity index (χ3v) is 6.37. The first-order valence-corrected chi connectivity index (χ1v) is 9.85. The highest BCUT2D eigenvalue weighted by Gasteiger charge is 2.38. The zero-order valence-electron chi connectivity index (χ0n) is 12.7. The van der Waals surface area contributed by atoms with Crippen molar-refractivity contribution in [2.24, 2.45) is 0 Å². The van der Waals surface area contributed by atoms with Gasteiger partial charge in [-0.1, -0.05) is 37.0 Å². The van der Waals surface area contributed by atoms with E-state index in [1.165, 1.54) is 12.1 Å². The van der Waals surface area contributed by atoms with E-state index in [1.54, 1.807) is 19.1 Å². The second-order valence-corrected chi connectivity index (χ2v) is 9.13. The van der Waals surface area contributed by atoms with Gasteiger partial charge in [-0.05, 0) is 38.8 Å². The molecule has 1 saturated carbocycles. The molecule has 8 heteroatoms. The van der Waals surface area contributed by atoms with Crippen molar-refractivity contribution in [1.29, 1.82) is 0 Å². The fraction of sp³-hybridized carbons (Fsp3) is 0.571. The van der Waals surface area contributed by atoms with Gasteiger partial charge in [-0.25, -0.2) is 0 Å². The lowest BCUT2D eigenvalue weighted by atomic mass is 9.90. The average molecular weight is 350 g/mol. The monoisotopic (exact) mass is 350 g/mol. The summed E-state index contributed by atoms with van der Waals surface area (Å²) in [6.07, 6.45) is 4.12. The summed E-state index contributed by atoms with van der Waals surface area (Å²) in [5.41, 5.74) is 0.956. The quantitative estimate of drug-likeness (QED) is 0.794. The van der Waals surface area contributed by atoms with Gasteiger partial charge in [-0.15, -0.1) is 0 Å². The van der Waals surface area contributed by atoms with Crippen molar-refractivity contribution in [3.63, 3.8) is 0 Å². The molecule has 0 saturated heterocycles. The molecule has 0 aromatic heterocycles. The molecular weight excluding hydrogens is 328 g/mol. The Morgan fingerprint density at radius 3 is 1.68 bits per heavy atom. The van der Waals surface area contributed by atoms with Crippen LogP contribution >= 0.6 is 0 Å². The fourth-order valence-corrected chi connectivity index (χ4v) is 3.55. The molecule has 0 atom stereocenters. The summed E-state index contributed by atoms with van der Waals surface area (Å²) in [5, 5.41) is 0. The van der Waals surface area contributed by atoms with Crippen LogP contribution < -0.4 is 0 Å². The fourth-order valence-electron chi connectivity index (χ4n) is 2.27. The van der Waals surface area contributed by atoms with Gasteiger partial charge >= 0.3 is 0 Å². The molecule has 0 spiro atoms. The zero-order chi connectivity index (χ0) is 17.0. The van der Waals surface area contributed by atoms with Crippen molar-refractivity contribution >= 4 is 20.2 Å². The lowest BCUT2D eigenvalue weighted by Gasteiger charge is -2.29. The smallest absolute Gasteiger partial charge is 0.285 e. The van der Waals surface area contributed by atoms with E-state index >= 15 is 0 Å². The molecule has 0 aliphatic heterocycles. The van der Waals surface area contributed by atoms with E-state index < -0.39 is 25.0 Å². The largest absolute Gasteiger partial charge is 0.294 e. The van der Waals surface area contributed by atoms with E-state index in [-0.39, 0.29) is 4.90 Å². The Morgan fingerprint density at radius 2 is 1.36 bits per heavy atom. The Balaban J connectivity index is 0.000000220. The number of rotatable bonds is 2. The third-order valence-electron chi connectivity index (χ3n) is 3.85. The lowest BCUT2D eigenvalue weighted by Crippen LogP contribution is -2.36. The third kappa shape index (κ3) is 5.35. The van der Waals surface area contributed by atoms with E-state index in [2.05, 4.69) is 0 Å². The molecule has 2 rings (SSSR count). The topological polar surface area (TPSA) is 109 Å². The summed E-state index contributed by atoms with van der Waals surface area (Å²) in [7, 11) is -7.84. The average Bonchev–Trinajstić information content (AvgIpc) is 2.38. The number of hydrogen-bond acceptors (Lipinski definition) is 4. The maximum atomic E-state index is 10.9. The van der Waals surface area contributed by atoms with E-state index in [1.807, 2.05) is 6.92 Å². The molecule has 22 heavy (non-hydrogen) atoms. The molecule has 0 unspecified atom stereocenters. The van der Waals surface area contributed by atoms with Crippen molar-refractivity contribution < 1.29 is 25.9 Å². The van der Waals surface area contributed by atoms with Crippen LogP contribution in [0.1, 0.15) is 44.6 Å². The summed E-state index contributed by atoms with van der Waals surface area (Å²) in [6.45, 7) is 3.47. The van der Waals surface area contributed by atoms with Crippen molar-refractivity contribution in [1.82, 2.24) is 0 Å². The van der Waals surface area contributed by atoms with Gasteiger partial charge in [0, 0.05) is 0 Å². The Morgan fingerprint density at radius 1 is 0.909 bits per heavy atom. The maximum Gasteiger partial charge on any atom is 0.294 e. The first-order chi connectivity index (χ1) is 9.96. The molecular formula is C14H22O6S2. The Labute approximate surface area is 132 Å². The minimum absolute atomic E-state index is 0.0666. The number of aryl methyl sites for hydroxylation is 1. The van der Waals surface area contributed by atoms with Gasteiger partial charge in [0.25, 0.3) is 20.2 Å². The van der Waals surface area contributed by atoms with Gasteiger partial charge in [0.15, 0.2) is 0 Å². The Kier molecular flexibility index (Phi) is 6.14. The van der Waals surface area contributed by atoms with E-state index in [4.69, 9.17) is 9.11 Å². The summed E-state index contributed by atoms with van der Waals surface area (Å²) in [4.78, 5) is -0.0666. The normalized spacial score (nSPS) is 18.2. The van der Waals surface area contributed by atoms with Crippen LogP contribution in [-0.4, -0.2) is 30.7 Å². The molecule has 0 bridgehead atoms. The second kappa shape index (κ2) is 7.08. The van der Waals surface area contributed by atoms with Crippen molar-refractivity contribution in [2.75, 3.05) is 0 Å². The first kappa shape index (κ1) is 19.1. The minimum Gasteiger partial charge on any atom is -0.285 e. The highest BCUT2D eigenvalue weighted by molar-refractivity contribution is 7.87. The van der Waals surface area contributed by atoms with Gasteiger partial charge in [-0.2, -0.15) is 16.8 Å². The van der Waals surface area contributed by atoms with E-state index in [0.29, 0.717) is 12.8 Å². The van der Waals surface area contributed by atoms with Crippen molar-refractivity contribution in [3.05, 3.63) is 29.8 Å². The van der Waals surface area contributed by atoms with Gasteiger partial charge in [0.2, 0.25) is 0 Å². The van der Waals surface area contributed by atoms with Crippen LogP contribution in [0, 0.1) is 6.92 Å². The van der Waals surface area contributed by atoms with Gasteiger partial charge in [0.1, 0.15) is 0 Å². The number of hydrogen-bond donors (Lipinski definition) is 2. The van der Waals surface area contributed by atoms with E-state index in [0.717, 1.165) is 24.8 Å². The summed E-state index contributed by atoms with van der Waals surface area (Å²) in [5.74, 6) is 0. The first-order valence-electron chi connectivity index (χ1n) is 6.97. The van der Waals surface area contributed by atoms with Gasteiger partial charge < -0.3 is 0 Å². The summed E-state index contributed by atoms with van der Waals surface area (Å²) < 4.78 is 59.3. The number of benzene rings is 1. The van der Waals surface area contributed by atoms with Crippen LogP contribution in [-0.2, 0) is 20.2 Å². The predicted molar refractivity (Wildman–Crippen MR) is 84.0 cm³/mol. The van der Waals surface area contributed by atoms with E-state index in [9.17, 15) is 16.8 Å². The van der Waals surface area contributed by atoms with Crippen molar-refractivity contribution in [3.8, 4) is 0 Å². The van der Waals surface area contributed by atoms with Crippen molar-refractivity contribution in [2.45, 2.75) is 55.6 Å². The van der Waals surface area contributed by atoms with Crippen LogP contribution in [0.3, 0.4) is 0 Å². The van der Waals surface area contributed by atoms with Crippen LogP contribution in [0.15, 0.2) is 29.2 Å². The molecule has 6 nitrogen and oxygen atoms in total. The Bertz CT molecular complexity index is 683. The molecule has 126 valence electrons. The molecule has 2 N–H and O–H groups in total. The molecule has 1 aliphatic carbocycles. The van der Waals surface area contributed by atoms with Crippen LogP contribution in [0.5, 0.6) is 0 Å². The summed E-state index contributed by atoms with van der Waals surface area (Å²) >= 11 is 0. The molecule has 1 aromatic rings. The molecule has 1 aromatic carbocycles. The highest BCUT2D eigenvalue weighted by Crippen LogP contribution is 2.33. The van der Waals surface area contributed by atoms with Gasteiger partial charge in [0.05, 0.1) is 9.64 Å². The second-order valence-electron chi connectivity index (χ2n) is 5.77. The SMILES string of the molecule is CC1(S(=O)(=O)O)CCCCC1.Cc1ccc(S(=O)(=O)O)cc1. The minimum atomic E-state index is -4.02. The Hall–Kier alpha value is -0.960. The molecule has 0 radical (unpaired) electrons. The van der Waals surface area contributed by atoms with Crippen LogP contribution in [0.4, 0.5) is 0 Å². The molecule has 0 heterocycles. The van der Waals surface area contributed by atoms with Crippen LogP contribution in [0.25, 0.3) is 0 Å². The zero-order valence-corrected chi connectivity index (χ0v) is 14.3. The highest BCUT2D eigenvalue weighted by atomic mass is 32.2. The summed E-state index contributed by atoms with van der Waals surface area (Å²) in [6, 6.07) is 5.99. The lowest BCUT2D eigenvalue weighted by molar-refractivity contribution is 0.357. The predicted octanol–water partition coefficient (Wildman–Crippen LogP) is 2.84.